The number of aliphatic carboxylic acids is 1. The molecule has 0 aromatic heterocycles. The number of aromatic hydroxyl groups is 1. The second-order valence-corrected chi connectivity index (χ2v) is 9.57. The summed E-state index contributed by atoms with van der Waals surface area (Å²) in [6.07, 6.45) is 10.00. The number of phenolic OH excluding ortho intramolecular Hbond substituents is 1. The summed E-state index contributed by atoms with van der Waals surface area (Å²) in [7, 11) is 0. The molecule has 0 spiro atoms. The number of nitrogens with zero attached hydrogens (tertiary/aromatic N) is 3. The van der Waals surface area contributed by atoms with Gasteiger partial charge in [-0.15, -0.1) is 0 Å². The fraction of sp³-hybridized carbons (Fsp3) is 0.400. The van der Waals surface area contributed by atoms with Crippen molar-refractivity contribution in [2.75, 3.05) is 0 Å². The number of rotatable bonds is 5. The molecule has 4 fully saturated rings. The lowest BCUT2D eigenvalue weighted by molar-refractivity contribution is -0.131. The van der Waals surface area contributed by atoms with Gasteiger partial charge in [0.1, 0.15) is 5.75 Å². The van der Waals surface area contributed by atoms with Crippen molar-refractivity contribution in [2.45, 2.75) is 43.9 Å². The molecule has 4 saturated carbocycles. The number of azide groups is 1. The fourth-order valence-corrected chi connectivity index (χ4v) is 6.76. The van der Waals surface area contributed by atoms with E-state index in [0.29, 0.717) is 17.0 Å². The van der Waals surface area contributed by atoms with E-state index in [2.05, 4.69) is 16.1 Å². The molecule has 4 aliphatic carbocycles. The number of carboxylic acids is 1. The molecule has 31 heavy (non-hydrogen) atoms. The van der Waals surface area contributed by atoms with Gasteiger partial charge in [0.2, 0.25) is 0 Å². The standard InChI is InChI=1S/C25H25N3O3/c26-28-27-22-10-15(2-6-24(30)31)1-4-20(22)19-3-5-23(29)21(11-19)25-12-16-7-17(13-25)9-18(8-16)14-25/h1-6,10-11,16-18,29H,7-9,12-14H2,(H,30,31)/b6-2+. The number of hydrogen-bond acceptors (Lipinski definition) is 3. The van der Waals surface area contributed by atoms with E-state index in [-0.39, 0.29) is 5.41 Å². The van der Waals surface area contributed by atoms with Crippen LogP contribution in [0.15, 0.2) is 47.6 Å². The maximum absolute atomic E-state index is 10.8. The van der Waals surface area contributed by atoms with E-state index in [1.165, 1.54) is 25.3 Å². The zero-order valence-corrected chi connectivity index (χ0v) is 17.2. The van der Waals surface area contributed by atoms with E-state index < -0.39 is 5.97 Å². The Morgan fingerprint density at radius 1 is 1.06 bits per heavy atom. The Hall–Kier alpha value is -3.24. The Balaban J connectivity index is 1.56. The Kier molecular flexibility index (Phi) is 4.75. The van der Waals surface area contributed by atoms with Gasteiger partial charge >= 0.3 is 5.97 Å². The molecule has 6 rings (SSSR count). The van der Waals surface area contributed by atoms with Crippen LogP contribution < -0.4 is 0 Å². The van der Waals surface area contributed by atoms with Crippen LogP contribution in [0.3, 0.4) is 0 Å². The quantitative estimate of drug-likeness (QED) is 0.250. The van der Waals surface area contributed by atoms with Crippen molar-refractivity contribution in [1.29, 1.82) is 0 Å². The minimum Gasteiger partial charge on any atom is -0.508 e. The van der Waals surface area contributed by atoms with Crippen LogP contribution in [0.2, 0.25) is 0 Å². The van der Waals surface area contributed by atoms with Crippen LogP contribution in [0, 0.1) is 17.8 Å². The lowest BCUT2D eigenvalue weighted by Gasteiger charge is -2.57. The van der Waals surface area contributed by atoms with E-state index in [4.69, 9.17) is 10.6 Å². The maximum atomic E-state index is 10.8. The molecule has 4 bridgehead atoms. The SMILES string of the molecule is [N-]=[N+]=Nc1cc(/C=C/C(=O)O)ccc1-c1ccc(O)c(C23CC4CC(CC(C4)C2)C3)c1. The van der Waals surface area contributed by atoms with Crippen molar-refractivity contribution in [3.8, 4) is 16.9 Å². The maximum Gasteiger partial charge on any atom is 0.328 e. The van der Waals surface area contributed by atoms with Crippen molar-refractivity contribution in [3.05, 3.63) is 64.0 Å². The summed E-state index contributed by atoms with van der Waals surface area (Å²) in [6, 6.07) is 11.1. The smallest absolute Gasteiger partial charge is 0.328 e. The molecule has 0 radical (unpaired) electrons. The van der Waals surface area contributed by atoms with Gasteiger partial charge in [-0.2, -0.15) is 0 Å². The highest BCUT2D eigenvalue weighted by atomic mass is 16.4. The lowest BCUT2D eigenvalue weighted by Crippen LogP contribution is -2.48. The molecule has 0 atom stereocenters. The Labute approximate surface area is 180 Å². The Bertz CT molecular complexity index is 1100. The first-order valence-electron chi connectivity index (χ1n) is 10.9. The van der Waals surface area contributed by atoms with Crippen molar-refractivity contribution in [1.82, 2.24) is 0 Å². The number of phenols is 1. The lowest BCUT2D eigenvalue weighted by atomic mass is 9.48. The van der Waals surface area contributed by atoms with E-state index in [9.17, 15) is 9.90 Å². The highest BCUT2D eigenvalue weighted by molar-refractivity contribution is 5.86. The molecule has 0 heterocycles. The molecule has 2 aromatic carbocycles. The zero-order valence-electron chi connectivity index (χ0n) is 17.2. The van der Waals surface area contributed by atoms with Gasteiger partial charge in [-0.3, -0.25) is 0 Å². The molecular weight excluding hydrogens is 390 g/mol. The van der Waals surface area contributed by atoms with Crippen LogP contribution >= 0.6 is 0 Å². The van der Waals surface area contributed by atoms with Gasteiger partial charge in [-0.1, -0.05) is 23.3 Å². The Morgan fingerprint density at radius 2 is 1.74 bits per heavy atom. The monoisotopic (exact) mass is 415 g/mol. The first kappa shape index (κ1) is 19.7. The summed E-state index contributed by atoms with van der Waals surface area (Å²) in [5.41, 5.74) is 12.9. The highest BCUT2D eigenvalue weighted by Gasteiger charge is 2.52. The fourth-order valence-electron chi connectivity index (χ4n) is 6.76. The van der Waals surface area contributed by atoms with Gasteiger partial charge < -0.3 is 10.2 Å². The number of carboxylic acid groups (broad SMARTS) is 1. The summed E-state index contributed by atoms with van der Waals surface area (Å²) in [5, 5.41) is 23.5. The molecule has 6 heteroatoms. The van der Waals surface area contributed by atoms with E-state index in [1.807, 2.05) is 18.2 Å². The molecule has 6 nitrogen and oxygen atoms in total. The van der Waals surface area contributed by atoms with E-state index in [1.54, 1.807) is 12.1 Å². The molecule has 2 N–H and O–H groups in total. The van der Waals surface area contributed by atoms with Gasteiger partial charge in [-0.05, 0) is 108 Å². The normalized spacial score (nSPS) is 28.6. The average molecular weight is 415 g/mol. The molecule has 4 aliphatic rings. The van der Waals surface area contributed by atoms with Crippen LogP contribution in [0.5, 0.6) is 5.75 Å². The predicted octanol–water partition coefficient (Wildman–Crippen LogP) is 6.57. The predicted molar refractivity (Wildman–Crippen MR) is 119 cm³/mol. The average Bonchev–Trinajstić information content (AvgIpc) is 2.72. The summed E-state index contributed by atoms with van der Waals surface area (Å²) in [5.74, 6) is 1.64. The van der Waals surface area contributed by atoms with Gasteiger partial charge in [0.25, 0.3) is 0 Å². The minimum atomic E-state index is -1.03. The van der Waals surface area contributed by atoms with Crippen LogP contribution in [0.25, 0.3) is 27.6 Å². The van der Waals surface area contributed by atoms with Crippen LogP contribution in [-0.2, 0) is 10.2 Å². The van der Waals surface area contributed by atoms with Crippen molar-refractivity contribution < 1.29 is 15.0 Å². The molecular formula is C25H25N3O3. The van der Waals surface area contributed by atoms with Crippen molar-refractivity contribution in [3.63, 3.8) is 0 Å². The van der Waals surface area contributed by atoms with Gasteiger partial charge in [0.05, 0.1) is 0 Å². The topological polar surface area (TPSA) is 106 Å². The van der Waals surface area contributed by atoms with Crippen LogP contribution in [0.4, 0.5) is 5.69 Å². The molecule has 2 aromatic rings. The molecule has 0 aliphatic heterocycles. The Morgan fingerprint density at radius 3 is 2.35 bits per heavy atom. The largest absolute Gasteiger partial charge is 0.508 e. The third-order valence-electron chi connectivity index (χ3n) is 7.51. The molecule has 158 valence electrons. The van der Waals surface area contributed by atoms with E-state index in [0.717, 1.165) is 59.8 Å². The number of carbonyl (C=O) groups is 1. The van der Waals surface area contributed by atoms with Crippen molar-refractivity contribution >= 4 is 17.7 Å². The number of benzene rings is 2. The third kappa shape index (κ3) is 3.57. The summed E-state index contributed by atoms with van der Waals surface area (Å²) in [6.45, 7) is 0. The minimum absolute atomic E-state index is 0.0532. The van der Waals surface area contributed by atoms with Gasteiger partial charge in [0.15, 0.2) is 0 Å². The highest BCUT2D eigenvalue weighted by Crippen LogP contribution is 2.62. The molecule has 0 unspecified atom stereocenters. The second kappa shape index (κ2) is 7.47. The first-order chi connectivity index (χ1) is 15.0. The van der Waals surface area contributed by atoms with Gasteiger partial charge in [-0.25, -0.2) is 4.79 Å². The van der Waals surface area contributed by atoms with Crippen LogP contribution in [-0.4, -0.2) is 16.2 Å². The summed E-state index contributed by atoms with van der Waals surface area (Å²) >= 11 is 0. The zero-order chi connectivity index (χ0) is 21.6. The molecule has 0 amide bonds. The van der Waals surface area contributed by atoms with Crippen molar-refractivity contribution in [2.24, 2.45) is 22.9 Å². The van der Waals surface area contributed by atoms with Crippen LogP contribution in [0.1, 0.15) is 49.7 Å². The number of hydrogen-bond donors (Lipinski definition) is 2. The van der Waals surface area contributed by atoms with Gasteiger partial charge in [0, 0.05) is 22.2 Å². The molecule has 0 saturated heterocycles. The van der Waals surface area contributed by atoms with E-state index >= 15 is 0 Å². The first-order valence-corrected chi connectivity index (χ1v) is 10.9. The summed E-state index contributed by atoms with van der Waals surface area (Å²) < 4.78 is 0. The second-order valence-electron chi connectivity index (χ2n) is 9.57. The summed E-state index contributed by atoms with van der Waals surface area (Å²) in [4.78, 5) is 13.8. The third-order valence-corrected chi connectivity index (χ3v) is 7.51.